The van der Waals surface area contributed by atoms with Crippen LogP contribution in [0.3, 0.4) is 0 Å². The quantitative estimate of drug-likeness (QED) is 0.477. The predicted molar refractivity (Wildman–Crippen MR) is 100 cm³/mol. The lowest BCUT2D eigenvalue weighted by Gasteiger charge is -2.16. The van der Waals surface area contributed by atoms with Gasteiger partial charge in [-0.3, -0.25) is 4.55 Å². The topological polar surface area (TPSA) is 54.4 Å². The van der Waals surface area contributed by atoms with Gasteiger partial charge in [0.25, 0.3) is 10.1 Å². The van der Waals surface area contributed by atoms with Gasteiger partial charge in [0.05, 0.1) is 0 Å². The van der Waals surface area contributed by atoms with Crippen LogP contribution in [0.4, 0.5) is 0 Å². The highest BCUT2D eigenvalue weighted by Gasteiger charge is 2.22. The van der Waals surface area contributed by atoms with E-state index >= 15 is 0 Å². The van der Waals surface area contributed by atoms with Crippen molar-refractivity contribution in [3.63, 3.8) is 0 Å². The zero-order valence-corrected chi connectivity index (χ0v) is 15.5. The molecular weight excluding hydrogens is 320 g/mol. The van der Waals surface area contributed by atoms with Crippen LogP contribution < -0.4 is 0 Å². The van der Waals surface area contributed by atoms with Crippen LogP contribution in [0.25, 0.3) is 10.8 Å². The first kappa shape index (κ1) is 18.9. The summed E-state index contributed by atoms with van der Waals surface area (Å²) in [6.45, 7) is 4.29. The van der Waals surface area contributed by atoms with Crippen LogP contribution in [0.2, 0.25) is 0 Å². The SMILES string of the molecule is CCCCCc1cc2ccccc2c(S(=O)(=O)O)c1CCCCC. The zero-order valence-electron chi connectivity index (χ0n) is 14.7. The van der Waals surface area contributed by atoms with Gasteiger partial charge in [0.2, 0.25) is 0 Å². The van der Waals surface area contributed by atoms with Gasteiger partial charge in [0.1, 0.15) is 4.90 Å². The molecule has 0 heterocycles. The number of benzene rings is 2. The molecule has 0 amide bonds. The smallest absolute Gasteiger partial charge is 0.282 e. The lowest BCUT2D eigenvalue weighted by molar-refractivity contribution is 0.482. The standard InChI is InChI=1S/C20H28O3S/c1-3-5-7-11-16-15-17-12-9-10-14-19(17)20(24(21,22)23)18(16)13-8-6-4-2/h9-10,12,14-15H,3-8,11,13H2,1-2H3,(H,21,22,23). The Bertz CT molecular complexity index is 779. The maximum Gasteiger partial charge on any atom is 0.295 e. The van der Waals surface area contributed by atoms with Crippen LogP contribution in [0.15, 0.2) is 35.2 Å². The minimum Gasteiger partial charge on any atom is -0.282 e. The molecule has 2 aromatic carbocycles. The average molecular weight is 349 g/mol. The third kappa shape index (κ3) is 4.58. The van der Waals surface area contributed by atoms with E-state index in [9.17, 15) is 13.0 Å². The first-order chi connectivity index (χ1) is 11.5. The number of unbranched alkanes of at least 4 members (excludes halogenated alkanes) is 4. The van der Waals surface area contributed by atoms with Gasteiger partial charge in [-0.05, 0) is 42.2 Å². The van der Waals surface area contributed by atoms with E-state index in [1.165, 1.54) is 0 Å². The maximum absolute atomic E-state index is 12.1. The Morgan fingerprint density at radius 1 is 0.917 bits per heavy atom. The van der Waals surface area contributed by atoms with E-state index in [1.54, 1.807) is 6.07 Å². The van der Waals surface area contributed by atoms with Crippen molar-refractivity contribution in [2.24, 2.45) is 0 Å². The van der Waals surface area contributed by atoms with Crippen molar-refractivity contribution < 1.29 is 13.0 Å². The molecule has 0 spiro atoms. The summed E-state index contributed by atoms with van der Waals surface area (Å²) in [4.78, 5) is 0.128. The minimum atomic E-state index is -4.25. The van der Waals surface area contributed by atoms with E-state index in [-0.39, 0.29) is 4.90 Å². The number of rotatable bonds is 9. The monoisotopic (exact) mass is 348 g/mol. The van der Waals surface area contributed by atoms with Crippen LogP contribution in [0.1, 0.15) is 63.5 Å². The Labute approximate surface area is 145 Å². The summed E-state index contributed by atoms with van der Waals surface area (Å²) in [6, 6.07) is 9.55. The summed E-state index contributed by atoms with van der Waals surface area (Å²) in [5.41, 5.74) is 1.90. The molecule has 0 atom stereocenters. The highest BCUT2D eigenvalue weighted by atomic mass is 32.2. The summed E-state index contributed by atoms with van der Waals surface area (Å²) in [5, 5.41) is 1.52. The number of hydrogen-bond donors (Lipinski definition) is 1. The fourth-order valence-corrected chi connectivity index (χ4v) is 4.33. The van der Waals surface area contributed by atoms with E-state index in [4.69, 9.17) is 0 Å². The van der Waals surface area contributed by atoms with Crippen molar-refractivity contribution in [3.8, 4) is 0 Å². The van der Waals surface area contributed by atoms with Crippen molar-refractivity contribution in [2.75, 3.05) is 0 Å². The van der Waals surface area contributed by atoms with Gasteiger partial charge in [-0.2, -0.15) is 8.42 Å². The van der Waals surface area contributed by atoms with Crippen molar-refractivity contribution in [2.45, 2.75) is 70.1 Å². The molecule has 0 bridgehead atoms. The highest BCUT2D eigenvalue weighted by molar-refractivity contribution is 7.86. The van der Waals surface area contributed by atoms with E-state index in [0.29, 0.717) is 11.8 Å². The Morgan fingerprint density at radius 2 is 1.54 bits per heavy atom. The minimum absolute atomic E-state index is 0.128. The second-order valence-corrected chi connectivity index (χ2v) is 7.81. The summed E-state index contributed by atoms with van der Waals surface area (Å²) in [5.74, 6) is 0. The molecule has 0 radical (unpaired) electrons. The molecule has 1 N–H and O–H groups in total. The van der Waals surface area contributed by atoms with Crippen molar-refractivity contribution in [3.05, 3.63) is 41.5 Å². The third-order valence-electron chi connectivity index (χ3n) is 4.53. The molecule has 0 fully saturated rings. The fraction of sp³-hybridized carbons (Fsp3) is 0.500. The molecule has 2 aromatic rings. The molecule has 132 valence electrons. The van der Waals surface area contributed by atoms with Crippen molar-refractivity contribution in [1.29, 1.82) is 0 Å². The van der Waals surface area contributed by atoms with E-state index in [0.717, 1.165) is 61.5 Å². The number of hydrogen-bond acceptors (Lipinski definition) is 2. The van der Waals surface area contributed by atoms with Gasteiger partial charge in [-0.25, -0.2) is 0 Å². The summed E-state index contributed by atoms with van der Waals surface area (Å²) >= 11 is 0. The lowest BCUT2D eigenvalue weighted by atomic mass is 9.93. The first-order valence-corrected chi connectivity index (χ1v) is 10.4. The van der Waals surface area contributed by atoms with Gasteiger partial charge in [0, 0.05) is 5.39 Å². The van der Waals surface area contributed by atoms with E-state index < -0.39 is 10.1 Å². The average Bonchev–Trinajstić information content (AvgIpc) is 2.54. The van der Waals surface area contributed by atoms with Crippen LogP contribution in [-0.2, 0) is 23.0 Å². The van der Waals surface area contributed by atoms with Crippen LogP contribution in [0, 0.1) is 0 Å². The molecule has 0 saturated heterocycles. The molecule has 0 aliphatic rings. The Kier molecular flexibility index (Phi) is 6.81. The molecule has 0 aliphatic carbocycles. The second kappa shape index (κ2) is 8.63. The molecule has 24 heavy (non-hydrogen) atoms. The van der Waals surface area contributed by atoms with Gasteiger partial charge < -0.3 is 0 Å². The highest BCUT2D eigenvalue weighted by Crippen LogP contribution is 2.32. The molecule has 2 rings (SSSR count). The zero-order chi connectivity index (χ0) is 17.6. The summed E-state index contributed by atoms with van der Waals surface area (Å²) in [7, 11) is -4.25. The van der Waals surface area contributed by atoms with Crippen LogP contribution in [-0.4, -0.2) is 13.0 Å². The second-order valence-electron chi connectivity index (χ2n) is 6.45. The third-order valence-corrected chi connectivity index (χ3v) is 5.52. The largest absolute Gasteiger partial charge is 0.295 e. The molecule has 0 unspecified atom stereocenters. The maximum atomic E-state index is 12.1. The molecule has 4 heteroatoms. The van der Waals surface area contributed by atoms with E-state index in [2.05, 4.69) is 19.9 Å². The molecule has 0 saturated carbocycles. The van der Waals surface area contributed by atoms with Crippen molar-refractivity contribution in [1.82, 2.24) is 0 Å². The van der Waals surface area contributed by atoms with Crippen molar-refractivity contribution >= 4 is 20.9 Å². The van der Waals surface area contributed by atoms with Gasteiger partial charge in [-0.1, -0.05) is 69.9 Å². The number of aryl methyl sites for hydroxylation is 1. The summed E-state index contributed by atoms with van der Waals surface area (Å²) in [6.07, 6.45) is 7.95. The molecule has 3 nitrogen and oxygen atoms in total. The summed E-state index contributed by atoms with van der Waals surface area (Å²) < 4.78 is 34.2. The number of fused-ring (bicyclic) bond motifs is 1. The first-order valence-electron chi connectivity index (χ1n) is 9.00. The Hall–Kier alpha value is -1.39. The molecular formula is C20H28O3S. The Morgan fingerprint density at radius 3 is 2.17 bits per heavy atom. The van der Waals surface area contributed by atoms with E-state index in [1.807, 2.05) is 18.2 Å². The van der Waals surface area contributed by atoms with Gasteiger partial charge >= 0.3 is 0 Å². The normalized spacial score (nSPS) is 12.0. The molecule has 0 aliphatic heterocycles. The Balaban J connectivity index is 2.61. The lowest BCUT2D eigenvalue weighted by Crippen LogP contribution is -2.08. The predicted octanol–water partition coefficient (Wildman–Crippen LogP) is 5.55. The van der Waals surface area contributed by atoms with Crippen LogP contribution in [0.5, 0.6) is 0 Å². The van der Waals surface area contributed by atoms with Crippen LogP contribution >= 0.6 is 0 Å². The fourth-order valence-electron chi connectivity index (χ4n) is 3.32. The molecule has 0 aromatic heterocycles. The van der Waals surface area contributed by atoms with Gasteiger partial charge in [0.15, 0.2) is 0 Å². The van der Waals surface area contributed by atoms with Gasteiger partial charge in [-0.15, -0.1) is 0 Å².